The Hall–Kier alpha value is -3.30. The molecule has 6 heteroatoms. The van der Waals surface area contributed by atoms with Gasteiger partial charge in [-0.3, -0.25) is 0 Å². The van der Waals surface area contributed by atoms with Gasteiger partial charge in [0, 0.05) is 6.54 Å². The van der Waals surface area contributed by atoms with Gasteiger partial charge in [-0.2, -0.15) is 0 Å². The summed E-state index contributed by atoms with van der Waals surface area (Å²) in [7, 11) is 0. The Morgan fingerprint density at radius 1 is 1.17 bits per heavy atom. The first-order valence-electron chi connectivity index (χ1n) is 9.46. The van der Waals surface area contributed by atoms with Gasteiger partial charge >= 0.3 is 5.97 Å². The van der Waals surface area contributed by atoms with Gasteiger partial charge in [-0.05, 0) is 50.1 Å². The summed E-state index contributed by atoms with van der Waals surface area (Å²) in [5.41, 5.74) is 1.52. The first-order valence-corrected chi connectivity index (χ1v) is 9.46. The van der Waals surface area contributed by atoms with Gasteiger partial charge in [-0.15, -0.1) is 0 Å². The van der Waals surface area contributed by atoms with Gasteiger partial charge in [0.2, 0.25) is 5.89 Å². The number of nitrogens with zero attached hydrogens (tertiary/aromatic N) is 1. The van der Waals surface area contributed by atoms with Crippen LogP contribution in [0.25, 0.3) is 11.1 Å². The van der Waals surface area contributed by atoms with Crippen molar-refractivity contribution >= 4 is 17.1 Å². The minimum Gasteiger partial charge on any atom is -0.478 e. The summed E-state index contributed by atoms with van der Waals surface area (Å²) in [4.78, 5) is 15.5. The molecule has 3 aromatic rings. The fourth-order valence-corrected chi connectivity index (χ4v) is 2.64. The minimum absolute atomic E-state index is 0.491. The van der Waals surface area contributed by atoms with Crippen molar-refractivity contribution in [3.63, 3.8) is 0 Å². The van der Waals surface area contributed by atoms with E-state index in [2.05, 4.69) is 22.1 Å². The SMILES string of the molecule is CC(C)(Oc1ccc(CCNCC#CCc2nc3ccccc3o2)cc1)C(=O)O. The highest BCUT2D eigenvalue weighted by Gasteiger charge is 2.29. The van der Waals surface area contributed by atoms with E-state index in [1.165, 1.54) is 13.8 Å². The van der Waals surface area contributed by atoms with E-state index in [1.54, 1.807) is 12.1 Å². The molecule has 1 heterocycles. The zero-order valence-electron chi connectivity index (χ0n) is 16.6. The molecule has 2 N–H and O–H groups in total. The lowest BCUT2D eigenvalue weighted by atomic mass is 10.1. The van der Waals surface area contributed by atoms with Crippen LogP contribution >= 0.6 is 0 Å². The summed E-state index contributed by atoms with van der Waals surface area (Å²) in [5, 5.41) is 12.4. The lowest BCUT2D eigenvalue weighted by molar-refractivity contribution is -0.152. The van der Waals surface area contributed by atoms with Gasteiger partial charge in [0.25, 0.3) is 0 Å². The summed E-state index contributed by atoms with van der Waals surface area (Å²) in [6, 6.07) is 15.1. The van der Waals surface area contributed by atoms with Gasteiger partial charge in [-0.25, -0.2) is 9.78 Å². The Bertz CT molecular complexity index is 993. The standard InChI is InChI=1S/C23H24N2O4/c1-23(2,22(26)27)29-18-12-10-17(11-13-18)14-16-24-15-6-5-9-21-25-19-7-3-4-8-20(19)28-21/h3-4,7-8,10-13,24H,9,14-16H2,1-2H3,(H,26,27). The second-order valence-electron chi connectivity index (χ2n) is 7.09. The van der Waals surface area contributed by atoms with Gasteiger partial charge in [0.05, 0.1) is 13.0 Å². The molecule has 0 bridgehead atoms. The molecule has 0 aliphatic carbocycles. The lowest BCUT2D eigenvalue weighted by Gasteiger charge is -2.21. The molecule has 0 radical (unpaired) electrons. The molecule has 0 saturated heterocycles. The number of para-hydroxylation sites is 2. The Morgan fingerprint density at radius 2 is 1.93 bits per heavy atom. The van der Waals surface area contributed by atoms with Crippen molar-refractivity contribution in [1.82, 2.24) is 10.3 Å². The van der Waals surface area contributed by atoms with Crippen LogP contribution < -0.4 is 10.1 Å². The highest BCUT2D eigenvalue weighted by Crippen LogP contribution is 2.19. The predicted molar refractivity (Wildman–Crippen MR) is 111 cm³/mol. The zero-order valence-corrected chi connectivity index (χ0v) is 16.6. The smallest absolute Gasteiger partial charge is 0.347 e. The number of carboxylic acid groups (broad SMARTS) is 1. The normalized spacial score (nSPS) is 11.1. The van der Waals surface area contributed by atoms with Gasteiger partial charge in [0.15, 0.2) is 11.2 Å². The highest BCUT2D eigenvalue weighted by atomic mass is 16.5. The molecule has 6 nitrogen and oxygen atoms in total. The van der Waals surface area contributed by atoms with E-state index in [1.807, 2.05) is 36.4 Å². The Balaban J connectivity index is 1.37. The monoisotopic (exact) mass is 392 g/mol. The maximum atomic E-state index is 11.1. The van der Waals surface area contributed by atoms with Crippen LogP contribution in [0.3, 0.4) is 0 Å². The molecule has 0 spiro atoms. The van der Waals surface area contributed by atoms with Crippen molar-refractivity contribution in [2.45, 2.75) is 32.3 Å². The van der Waals surface area contributed by atoms with E-state index < -0.39 is 11.6 Å². The van der Waals surface area contributed by atoms with Crippen LogP contribution in [-0.4, -0.2) is 34.8 Å². The number of rotatable bonds is 8. The summed E-state index contributed by atoms with van der Waals surface area (Å²) in [6.07, 6.45) is 1.33. The summed E-state index contributed by atoms with van der Waals surface area (Å²) in [5.74, 6) is 6.31. The van der Waals surface area contributed by atoms with E-state index in [0.717, 1.165) is 29.6 Å². The van der Waals surface area contributed by atoms with Crippen molar-refractivity contribution < 1.29 is 19.1 Å². The first kappa shape index (κ1) is 20.4. The Labute approximate surface area is 169 Å². The average Bonchev–Trinajstić information content (AvgIpc) is 3.11. The second kappa shape index (κ2) is 9.26. The Kier molecular flexibility index (Phi) is 6.53. The molecule has 150 valence electrons. The third-order valence-electron chi connectivity index (χ3n) is 4.32. The number of aliphatic carboxylic acids is 1. The fraction of sp³-hybridized carbons (Fsp3) is 0.304. The molecule has 3 rings (SSSR count). The van der Waals surface area contributed by atoms with Crippen LogP contribution in [-0.2, 0) is 17.6 Å². The molecule has 2 aromatic carbocycles. The number of benzene rings is 2. The molecule has 29 heavy (non-hydrogen) atoms. The number of nitrogens with one attached hydrogen (secondary N) is 1. The van der Waals surface area contributed by atoms with Crippen molar-refractivity contribution in [3.8, 4) is 17.6 Å². The summed E-state index contributed by atoms with van der Waals surface area (Å²) >= 11 is 0. The quantitative estimate of drug-likeness (QED) is 0.451. The Morgan fingerprint density at radius 3 is 2.66 bits per heavy atom. The molecular weight excluding hydrogens is 368 g/mol. The topological polar surface area (TPSA) is 84.6 Å². The first-order chi connectivity index (χ1) is 13.9. The number of hydrogen-bond acceptors (Lipinski definition) is 5. The van der Waals surface area contributed by atoms with E-state index in [9.17, 15) is 4.79 Å². The van der Waals surface area contributed by atoms with E-state index in [0.29, 0.717) is 24.6 Å². The second-order valence-corrected chi connectivity index (χ2v) is 7.09. The largest absolute Gasteiger partial charge is 0.478 e. The van der Waals surface area contributed by atoms with Crippen molar-refractivity contribution in [3.05, 3.63) is 60.0 Å². The van der Waals surface area contributed by atoms with Crippen molar-refractivity contribution in [2.75, 3.05) is 13.1 Å². The third-order valence-corrected chi connectivity index (χ3v) is 4.32. The number of fused-ring (bicyclic) bond motifs is 1. The molecule has 0 aliphatic heterocycles. The van der Waals surface area contributed by atoms with Crippen LogP contribution in [0.1, 0.15) is 25.3 Å². The molecule has 0 saturated carbocycles. The molecular formula is C23H24N2O4. The van der Waals surface area contributed by atoms with Gasteiger partial charge < -0.3 is 19.6 Å². The van der Waals surface area contributed by atoms with E-state index in [-0.39, 0.29) is 0 Å². The van der Waals surface area contributed by atoms with E-state index >= 15 is 0 Å². The molecule has 0 amide bonds. The molecule has 0 aliphatic rings. The van der Waals surface area contributed by atoms with Crippen molar-refractivity contribution in [2.24, 2.45) is 0 Å². The minimum atomic E-state index is -1.25. The third kappa shape index (κ3) is 5.84. The highest BCUT2D eigenvalue weighted by molar-refractivity contribution is 5.76. The number of oxazole rings is 1. The fourth-order valence-electron chi connectivity index (χ4n) is 2.64. The number of ether oxygens (including phenoxy) is 1. The van der Waals surface area contributed by atoms with Crippen LogP contribution in [0, 0.1) is 11.8 Å². The van der Waals surface area contributed by atoms with Crippen LogP contribution in [0.15, 0.2) is 52.9 Å². The van der Waals surface area contributed by atoms with Crippen LogP contribution in [0.5, 0.6) is 5.75 Å². The van der Waals surface area contributed by atoms with Crippen LogP contribution in [0.4, 0.5) is 0 Å². The number of carboxylic acids is 1. The molecule has 1 aromatic heterocycles. The predicted octanol–water partition coefficient (Wildman–Crippen LogP) is 3.45. The summed E-state index contributed by atoms with van der Waals surface area (Å²) < 4.78 is 11.1. The average molecular weight is 392 g/mol. The maximum Gasteiger partial charge on any atom is 0.347 e. The summed E-state index contributed by atoms with van der Waals surface area (Å²) in [6.45, 7) is 4.43. The van der Waals surface area contributed by atoms with Crippen molar-refractivity contribution in [1.29, 1.82) is 0 Å². The van der Waals surface area contributed by atoms with Gasteiger partial charge in [-0.1, -0.05) is 36.1 Å². The molecule has 0 fully saturated rings. The zero-order chi connectivity index (χ0) is 20.7. The molecule has 0 atom stereocenters. The maximum absolute atomic E-state index is 11.1. The number of aromatic nitrogens is 1. The molecule has 0 unspecified atom stereocenters. The van der Waals surface area contributed by atoms with E-state index in [4.69, 9.17) is 14.3 Å². The van der Waals surface area contributed by atoms with Gasteiger partial charge in [0.1, 0.15) is 11.3 Å². The number of hydrogen-bond donors (Lipinski definition) is 2. The lowest BCUT2D eigenvalue weighted by Crippen LogP contribution is -2.37. The van der Waals surface area contributed by atoms with Crippen LogP contribution in [0.2, 0.25) is 0 Å². The number of carbonyl (C=O) groups is 1.